The van der Waals surface area contributed by atoms with Gasteiger partial charge in [-0.1, -0.05) is 35.9 Å². The lowest BCUT2D eigenvalue weighted by Gasteiger charge is -2.41. The second-order valence-corrected chi connectivity index (χ2v) is 7.35. The Kier molecular flexibility index (Phi) is 6.72. The largest absolute Gasteiger partial charge is 0.507 e. The van der Waals surface area contributed by atoms with Crippen LogP contribution in [0.5, 0.6) is 11.5 Å². The number of nitrogens with zero attached hydrogens (tertiary/aromatic N) is 2. The molecule has 1 aliphatic rings. The van der Waals surface area contributed by atoms with Crippen LogP contribution in [-0.4, -0.2) is 59.4 Å². The summed E-state index contributed by atoms with van der Waals surface area (Å²) in [5, 5.41) is 19.8. The Hall–Kier alpha value is -2.08. The average molecular weight is 370 g/mol. The fourth-order valence-corrected chi connectivity index (χ4v) is 3.71. The SMILES string of the molecule is COc1ccc(CN2CCN(Cc3ccc(C)cc3)[C@H](CCO)C2)c(O)c1. The molecule has 0 saturated carbocycles. The number of rotatable bonds is 7. The van der Waals surface area contributed by atoms with Gasteiger partial charge < -0.3 is 14.9 Å². The van der Waals surface area contributed by atoms with Crippen molar-refractivity contribution in [2.45, 2.75) is 32.5 Å². The Morgan fingerprint density at radius 1 is 1.07 bits per heavy atom. The van der Waals surface area contributed by atoms with Gasteiger partial charge in [0.2, 0.25) is 0 Å². The first-order valence-electron chi connectivity index (χ1n) is 9.57. The third kappa shape index (κ3) is 5.22. The van der Waals surface area contributed by atoms with Crippen LogP contribution < -0.4 is 4.74 Å². The van der Waals surface area contributed by atoms with Crippen LogP contribution in [0.15, 0.2) is 42.5 Å². The first-order chi connectivity index (χ1) is 13.1. The van der Waals surface area contributed by atoms with E-state index >= 15 is 0 Å². The average Bonchev–Trinajstić information content (AvgIpc) is 2.67. The summed E-state index contributed by atoms with van der Waals surface area (Å²) in [6.45, 7) is 6.69. The van der Waals surface area contributed by atoms with Crippen molar-refractivity contribution in [1.29, 1.82) is 0 Å². The van der Waals surface area contributed by atoms with Gasteiger partial charge in [0, 0.05) is 57.0 Å². The maximum atomic E-state index is 10.2. The molecule has 1 atom stereocenters. The molecule has 0 aliphatic carbocycles. The molecule has 27 heavy (non-hydrogen) atoms. The van der Waals surface area contributed by atoms with Gasteiger partial charge in [0.1, 0.15) is 11.5 Å². The molecule has 0 bridgehead atoms. The van der Waals surface area contributed by atoms with Gasteiger partial charge in [0.05, 0.1) is 7.11 Å². The van der Waals surface area contributed by atoms with Gasteiger partial charge in [0.15, 0.2) is 0 Å². The summed E-state index contributed by atoms with van der Waals surface area (Å²) in [4.78, 5) is 4.82. The number of aryl methyl sites for hydroxylation is 1. The molecule has 146 valence electrons. The molecule has 0 aromatic heterocycles. The topological polar surface area (TPSA) is 56.2 Å². The van der Waals surface area contributed by atoms with Crippen LogP contribution in [0.1, 0.15) is 23.1 Å². The van der Waals surface area contributed by atoms with E-state index in [1.807, 2.05) is 12.1 Å². The number of methoxy groups -OCH3 is 1. The molecular formula is C22H30N2O3. The third-order valence-corrected chi connectivity index (χ3v) is 5.34. The molecule has 2 N–H and O–H groups in total. The lowest BCUT2D eigenvalue weighted by atomic mass is 10.1. The minimum absolute atomic E-state index is 0.191. The van der Waals surface area contributed by atoms with E-state index in [2.05, 4.69) is 41.0 Å². The van der Waals surface area contributed by atoms with E-state index in [0.717, 1.165) is 38.2 Å². The maximum absolute atomic E-state index is 10.2. The van der Waals surface area contributed by atoms with Crippen molar-refractivity contribution < 1.29 is 14.9 Å². The quantitative estimate of drug-likeness (QED) is 0.785. The number of benzene rings is 2. The van der Waals surface area contributed by atoms with E-state index in [9.17, 15) is 10.2 Å². The standard InChI is InChI=1S/C22H30N2O3/c1-17-3-5-18(6-4-17)14-24-11-10-23(16-20(24)9-12-25)15-19-7-8-21(27-2)13-22(19)26/h3-8,13,20,25-26H,9-12,14-16H2,1-2H3/t20-/m1/s1. The van der Waals surface area contributed by atoms with Crippen LogP contribution in [0.2, 0.25) is 0 Å². The minimum Gasteiger partial charge on any atom is -0.507 e. The summed E-state index contributed by atoms with van der Waals surface area (Å²) in [5.41, 5.74) is 3.49. The smallest absolute Gasteiger partial charge is 0.123 e. The molecule has 0 unspecified atom stereocenters. The van der Waals surface area contributed by atoms with Crippen LogP contribution in [0, 0.1) is 6.92 Å². The fraction of sp³-hybridized carbons (Fsp3) is 0.455. The molecule has 5 heteroatoms. The summed E-state index contributed by atoms with van der Waals surface area (Å²) in [6.07, 6.45) is 0.761. The summed E-state index contributed by atoms with van der Waals surface area (Å²) >= 11 is 0. The maximum Gasteiger partial charge on any atom is 0.123 e. The highest BCUT2D eigenvalue weighted by Crippen LogP contribution is 2.26. The van der Waals surface area contributed by atoms with Crippen LogP contribution in [0.3, 0.4) is 0 Å². The predicted molar refractivity (Wildman–Crippen MR) is 107 cm³/mol. The molecule has 0 radical (unpaired) electrons. The van der Waals surface area contributed by atoms with Crippen molar-refractivity contribution in [3.05, 3.63) is 59.2 Å². The molecule has 2 aromatic carbocycles. The van der Waals surface area contributed by atoms with Gasteiger partial charge in [-0.05, 0) is 25.0 Å². The lowest BCUT2D eigenvalue weighted by molar-refractivity contribution is 0.0496. The number of aromatic hydroxyl groups is 1. The third-order valence-electron chi connectivity index (χ3n) is 5.34. The van der Waals surface area contributed by atoms with Crippen LogP contribution in [0.25, 0.3) is 0 Å². The first kappa shape index (κ1) is 19.7. The van der Waals surface area contributed by atoms with Crippen molar-refractivity contribution in [2.24, 2.45) is 0 Å². The number of ether oxygens (including phenoxy) is 1. The molecule has 1 fully saturated rings. The monoisotopic (exact) mass is 370 g/mol. The number of aliphatic hydroxyl groups is 1. The van der Waals surface area contributed by atoms with Crippen molar-refractivity contribution in [3.8, 4) is 11.5 Å². The van der Waals surface area contributed by atoms with Gasteiger partial charge in [0.25, 0.3) is 0 Å². The first-order valence-corrected chi connectivity index (χ1v) is 9.57. The summed E-state index contributed by atoms with van der Waals surface area (Å²) < 4.78 is 5.16. The van der Waals surface area contributed by atoms with Crippen LogP contribution in [0.4, 0.5) is 0 Å². The molecule has 2 aromatic rings. The Balaban J connectivity index is 1.63. The molecule has 3 rings (SSSR count). The molecule has 0 amide bonds. The van der Waals surface area contributed by atoms with E-state index in [1.54, 1.807) is 13.2 Å². The van der Waals surface area contributed by atoms with Crippen molar-refractivity contribution in [1.82, 2.24) is 9.80 Å². The Labute approximate surface area is 161 Å². The summed E-state index contributed by atoms with van der Waals surface area (Å²) in [7, 11) is 1.60. The van der Waals surface area contributed by atoms with Crippen LogP contribution >= 0.6 is 0 Å². The van der Waals surface area contributed by atoms with Crippen LogP contribution in [-0.2, 0) is 13.1 Å². The van der Waals surface area contributed by atoms with Crippen molar-refractivity contribution in [3.63, 3.8) is 0 Å². The van der Waals surface area contributed by atoms with Gasteiger partial charge in [-0.25, -0.2) is 0 Å². The summed E-state index contributed by atoms with van der Waals surface area (Å²) in [5.74, 6) is 0.937. The fourth-order valence-electron chi connectivity index (χ4n) is 3.71. The molecule has 1 aliphatic heterocycles. The number of hydrogen-bond donors (Lipinski definition) is 2. The van der Waals surface area contributed by atoms with E-state index in [-0.39, 0.29) is 12.4 Å². The number of hydrogen-bond acceptors (Lipinski definition) is 5. The highest BCUT2D eigenvalue weighted by atomic mass is 16.5. The second-order valence-electron chi connectivity index (χ2n) is 7.35. The zero-order valence-electron chi connectivity index (χ0n) is 16.3. The van der Waals surface area contributed by atoms with Gasteiger partial charge in [-0.15, -0.1) is 0 Å². The van der Waals surface area contributed by atoms with E-state index < -0.39 is 0 Å². The normalized spacial score (nSPS) is 18.6. The molecule has 5 nitrogen and oxygen atoms in total. The highest BCUT2D eigenvalue weighted by Gasteiger charge is 2.27. The molecule has 1 heterocycles. The molecule has 1 saturated heterocycles. The van der Waals surface area contributed by atoms with E-state index in [0.29, 0.717) is 18.3 Å². The minimum atomic E-state index is 0.191. The lowest BCUT2D eigenvalue weighted by Crippen LogP contribution is -2.52. The summed E-state index contributed by atoms with van der Waals surface area (Å²) in [6, 6.07) is 14.5. The number of piperazine rings is 1. The number of phenolic OH excluding ortho intramolecular Hbond substituents is 1. The Morgan fingerprint density at radius 2 is 1.85 bits per heavy atom. The van der Waals surface area contributed by atoms with Crippen molar-refractivity contribution >= 4 is 0 Å². The second kappa shape index (κ2) is 9.22. The predicted octanol–water partition coefficient (Wildman–Crippen LogP) is 2.78. The number of aliphatic hydroxyl groups excluding tert-OH is 1. The van der Waals surface area contributed by atoms with Gasteiger partial charge in [-0.3, -0.25) is 9.80 Å². The van der Waals surface area contributed by atoms with E-state index in [4.69, 9.17) is 4.74 Å². The van der Waals surface area contributed by atoms with Gasteiger partial charge in [-0.2, -0.15) is 0 Å². The zero-order chi connectivity index (χ0) is 19.2. The van der Waals surface area contributed by atoms with Crippen molar-refractivity contribution in [2.75, 3.05) is 33.4 Å². The Morgan fingerprint density at radius 3 is 2.52 bits per heavy atom. The molecule has 0 spiro atoms. The van der Waals surface area contributed by atoms with Gasteiger partial charge >= 0.3 is 0 Å². The van der Waals surface area contributed by atoms with E-state index in [1.165, 1.54) is 11.1 Å². The highest BCUT2D eigenvalue weighted by molar-refractivity contribution is 5.39. The Bertz CT molecular complexity index is 733. The molecular weight excluding hydrogens is 340 g/mol. The number of phenols is 1. The zero-order valence-corrected chi connectivity index (χ0v) is 16.3.